The highest BCUT2D eigenvalue weighted by atomic mass is 35.5. The number of rotatable bonds is 3. The van der Waals surface area contributed by atoms with Gasteiger partial charge in [-0.1, -0.05) is 11.6 Å². The molecular formula is C16H13ClN2O4. The van der Waals surface area contributed by atoms with Crippen molar-refractivity contribution < 1.29 is 19.1 Å². The van der Waals surface area contributed by atoms with E-state index in [4.69, 9.17) is 26.8 Å². The second kappa shape index (κ2) is 5.81. The molecule has 2 N–H and O–H groups in total. The van der Waals surface area contributed by atoms with Crippen LogP contribution in [0.5, 0.6) is 11.5 Å². The standard InChI is InChI=1S/C16H13ClN2O4/c1-22-13-5-3-10(17)7-12(13)19-11-6-9(16(18)21)2-4-14(11)23-8-15(19)20/h2-7H,8H2,1H3,(H2,18,21). The first-order valence-electron chi connectivity index (χ1n) is 6.74. The molecule has 0 atom stereocenters. The summed E-state index contributed by atoms with van der Waals surface area (Å²) in [5.74, 6) is 0.0419. The molecule has 0 unspecified atom stereocenters. The smallest absolute Gasteiger partial charge is 0.269 e. The minimum absolute atomic E-state index is 0.126. The van der Waals surface area contributed by atoms with Gasteiger partial charge in [-0.15, -0.1) is 0 Å². The first kappa shape index (κ1) is 15.2. The largest absolute Gasteiger partial charge is 0.495 e. The van der Waals surface area contributed by atoms with E-state index in [0.717, 1.165) is 0 Å². The highest BCUT2D eigenvalue weighted by Crippen LogP contribution is 2.42. The van der Waals surface area contributed by atoms with Crippen LogP contribution in [0.3, 0.4) is 0 Å². The van der Waals surface area contributed by atoms with Gasteiger partial charge in [-0.3, -0.25) is 14.5 Å². The van der Waals surface area contributed by atoms with Crippen molar-refractivity contribution in [3.05, 3.63) is 47.0 Å². The van der Waals surface area contributed by atoms with Crippen molar-refractivity contribution in [3.8, 4) is 11.5 Å². The molecule has 2 amide bonds. The zero-order valence-electron chi connectivity index (χ0n) is 12.2. The van der Waals surface area contributed by atoms with Crippen molar-refractivity contribution in [2.75, 3.05) is 18.6 Å². The van der Waals surface area contributed by atoms with Crippen molar-refractivity contribution >= 4 is 34.8 Å². The Bertz CT molecular complexity index is 807. The van der Waals surface area contributed by atoms with Gasteiger partial charge in [-0.05, 0) is 36.4 Å². The van der Waals surface area contributed by atoms with Crippen LogP contribution in [0.2, 0.25) is 5.02 Å². The van der Waals surface area contributed by atoms with Crippen molar-refractivity contribution in [2.45, 2.75) is 0 Å². The first-order chi connectivity index (χ1) is 11.0. The molecule has 0 aliphatic carbocycles. The molecular weight excluding hydrogens is 320 g/mol. The van der Waals surface area contributed by atoms with Gasteiger partial charge in [-0.2, -0.15) is 0 Å². The predicted octanol–water partition coefficient (Wildman–Crippen LogP) is 2.50. The van der Waals surface area contributed by atoms with Crippen LogP contribution in [0.15, 0.2) is 36.4 Å². The molecule has 7 heteroatoms. The Kier molecular flexibility index (Phi) is 3.83. The van der Waals surface area contributed by atoms with Crippen molar-refractivity contribution in [1.82, 2.24) is 0 Å². The third kappa shape index (κ3) is 2.68. The molecule has 1 heterocycles. The van der Waals surface area contributed by atoms with Gasteiger partial charge in [0.05, 0.1) is 18.5 Å². The van der Waals surface area contributed by atoms with Gasteiger partial charge in [0.25, 0.3) is 5.91 Å². The van der Waals surface area contributed by atoms with Gasteiger partial charge in [0.15, 0.2) is 6.61 Å². The molecule has 0 spiro atoms. The van der Waals surface area contributed by atoms with E-state index in [9.17, 15) is 9.59 Å². The molecule has 0 saturated heterocycles. The summed E-state index contributed by atoms with van der Waals surface area (Å²) in [6.07, 6.45) is 0. The Labute approximate surface area is 137 Å². The zero-order chi connectivity index (χ0) is 16.6. The molecule has 0 saturated carbocycles. The average Bonchev–Trinajstić information content (AvgIpc) is 2.54. The zero-order valence-corrected chi connectivity index (χ0v) is 13.0. The van der Waals surface area contributed by atoms with Crippen LogP contribution in [0.1, 0.15) is 10.4 Å². The number of hydrogen-bond acceptors (Lipinski definition) is 4. The summed E-state index contributed by atoms with van der Waals surface area (Å²) in [5.41, 5.74) is 6.47. The van der Waals surface area contributed by atoms with Gasteiger partial charge < -0.3 is 15.2 Å². The number of amides is 2. The summed E-state index contributed by atoms with van der Waals surface area (Å²) in [6, 6.07) is 9.60. The molecule has 3 rings (SSSR count). The molecule has 1 aliphatic heterocycles. The summed E-state index contributed by atoms with van der Waals surface area (Å²) in [5, 5.41) is 0.452. The van der Waals surface area contributed by atoms with Gasteiger partial charge in [0.1, 0.15) is 11.5 Å². The lowest BCUT2D eigenvalue weighted by Gasteiger charge is -2.30. The lowest BCUT2D eigenvalue weighted by Crippen LogP contribution is -2.35. The van der Waals surface area contributed by atoms with Gasteiger partial charge in [0.2, 0.25) is 5.91 Å². The molecule has 23 heavy (non-hydrogen) atoms. The number of benzene rings is 2. The number of nitrogens with zero attached hydrogens (tertiary/aromatic N) is 1. The van der Waals surface area contributed by atoms with E-state index in [1.807, 2.05) is 0 Å². The van der Waals surface area contributed by atoms with E-state index in [-0.39, 0.29) is 18.1 Å². The Morgan fingerprint density at radius 2 is 2.04 bits per heavy atom. The highest BCUT2D eigenvalue weighted by Gasteiger charge is 2.30. The third-order valence-corrected chi connectivity index (χ3v) is 3.70. The van der Waals surface area contributed by atoms with Crippen LogP contribution in [-0.2, 0) is 4.79 Å². The van der Waals surface area contributed by atoms with Crippen LogP contribution in [0.4, 0.5) is 11.4 Å². The monoisotopic (exact) mass is 332 g/mol. The summed E-state index contributed by atoms with van der Waals surface area (Å²) in [6.45, 7) is -0.126. The Morgan fingerprint density at radius 3 is 2.74 bits per heavy atom. The van der Waals surface area contributed by atoms with E-state index in [0.29, 0.717) is 27.9 Å². The number of hydrogen-bond donors (Lipinski definition) is 1. The van der Waals surface area contributed by atoms with Crippen molar-refractivity contribution in [3.63, 3.8) is 0 Å². The fourth-order valence-electron chi connectivity index (χ4n) is 2.41. The molecule has 0 aromatic heterocycles. The maximum atomic E-state index is 12.4. The Hall–Kier alpha value is -2.73. The summed E-state index contributed by atoms with van der Waals surface area (Å²) >= 11 is 6.05. The third-order valence-electron chi connectivity index (χ3n) is 3.47. The van der Waals surface area contributed by atoms with Gasteiger partial charge in [0, 0.05) is 10.6 Å². The normalized spacial score (nSPS) is 13.3. The number of nitrogens with two attached hydrogens (primary N) is 1. The number of halogens is 1. The molecule has 6 nitrogen and oxygen atoms in total. The molecule has 1 aliphatic rings. The summed E-state index contributed by atoms with van der Waals surface area (Å²) < 4.78 is 10.7. The molecule has 2 aromatic rings. The second-order valence-electron chi connectivity index (χ2n) is 4.88. The minimum atomic E-state index is -0.594. The van der Waals surface area contributed by atoms with E-state index in [1.54, 1.807) is 30.3 Å². The predicted molar refractivity (Wildman–Crippen MR) is 85.6 cm³/mol. The number of ether oxygens (including phenoxy) is 2. The number of anilines is 2. The van der Waals surface area contributed by atoms with Gasteiger partial charge in [-0.25, -0.2) is 0 Å². The van der Waals surface area contributed by atoms with Crippen LogP contribution < -0.4 is 20.1 Å². The fourth-order valence-corrected chi connectivity index (χ4v) is 2.57. The average molecular weight is 333 g/mol. The molecule has 118 valence electrons. The maximum Gasteiger partial charge on any atom is 0.269 e. The van der Waals surface area contributed by atoms with E-state index in [2.05, 4.69) is 0 Å². The van der Waals surface area contributed by atoms with E-state index in [1.165, 1.54) is 18.1 Å². The number of primary amides is 1. The Morgan fingerprint density at radius 1 is 1.26 bits per heavy atom. The lowest BCUT2D eigenvalue weighted by molar-refractivity contribution is -0.120. The van der Waals surface area contributed by atoms with E-state index >= 15 is 0 Å². The van der Waals surface area contributed by atoms with Gasteiger partial charge >= 0.3 is 0 Å². The highest BCUT2D eigenvalue weighted by molar-refractivity contribution is 6.31. The Balaban J connectivity index is 2.21. The number of fused-ring (bicyclic) bond motifs is 1. The fraction of sp³-hybridized carbons (Fsp3) is 0.125. The van der Waals surface area contributed by atoms with Crippen LogP contribution in [0.25, 0.3) is 0 Å². The van der Waals surface area contributed by atoms with Crippen LogP contribution >= 0.6 is 11.6 Å². The number of methoxy groups -OCH3 is 1. The molecule has 0 bridgehead atoms. The topological polar surface area (TPSA) is 81.9 Å². The number of carbonyl (C=O) groups is 2. The summed E-state index contributed by atoms with van der Waals surface area (Å²) in [4.78, 5) is 25.2. The lowest BCUT2D eigenvalue weighted by atomic mass is 10.1. The second-order valence-corrected chi connectivity index (χ2v) is 5.32. The number of carbonyl (C=O) groups excluding carboxylic acids is 2. The molecule has 2 aromatic carbocycles. The van der Waals surface area contributed by atoms with E-state index < -0.39 is 5.91 Å². The van der Waals surface area contributed by atoms with Crippen molar-refractivity contribution in [1.29, 1.82) is 0 Å². The van der Waals surface area contributed by atoms with Crippen LogP contribution in [-0.4, -0.2) is 25.5 Å². The SMILES string of the molecule is COc1ccc(Cl)cc1N1C(=O)COc2ccc(C(N)=O)cc21. The van der Waals surface area contributed by atoms with Crippen LogP contribution in [0, 0.1) is 0 Å². The van der Waals surface area contributed by atoms with Crippen molar-refractivity contribution in [2.24, 2.45) is 5.73 Å². The minimum Gasteiger partial charge on any atom is -0.495 e. The summed E-state index contributed by atoms with van der Waals surface area (Å²) in [7, 11) is 1.50. The maximum absolute atomic E-state index is 12.4. The first-order valence-corrected chi connectivity index (χ1v) is 7.12. The molecule has 0 fully saturated rings. The quantitative estimate of drug-likeness (QED) is 0.936. The molecule has 0 radical (unpaired) electrons.